The highest BCUT2D eigenvalue weighted by atomic mass is 32.2. The summed E-state index contributed by atoms with van der Waals surface area (Å²) in [6.07, 6.45) is 1.43. The molecule has 11 heteroatoms. The summed E-state index contributed by atoms with van der Waals surface area (Å²) >= 11 is 1.27. The van der Waals surface area contributed by atoms with Crippen molar-refractivity contribution < 1.29 is 23.5 Å². The second-order valence-corrected chi connectivity index (χ2v) is 7.74. The summed E-state index contributed by atoms with van der Waals surface area (Å²) in [5.74, 6) is 1.51. The zero-order chi connectivity index (χ0) is 21.1. The van der Waals surface area contributed by atoms with Crippen molar-refractivity contribution in [2.45, 2.75) is 23.9 Å². The number of nitrogens with one attached hydrogen (secondary N) is 2. The molecule has 2 N–H and O–H groups in total. The molecule has 1 atom stereocenters. The maximum Gasteiger partial charge on any atom is 0.287 e. The Morgan fingerprint density at radius 2 is 2.07 bits per heavy atom. The Morgan fingerprint density at radius 3 is 2.87 bits per heavy atom. The number of carbonyl (C=O) groups excluding carboxylic acids is 2. The second kappa shape index (κ2) is 8.49. The lowest BCUT2D eigenvalue weighted by atomic mass is 10.2. The predicted molar refractivity (Wildman–Crippen MR) is 107 cm³/mol. The molecule has 3 aromatic rings. The van der Waals surface area contributed by atoms with Crippen LogP contribution in [0.1, 0.15) is 23.3 Å². The minimum atomic E-state index is -0.427. The van der Waals surface area contributed by atoms with E-state index in [-0.39, 0.29) is 30.9 Å². The van der Waals surface area contributed by atoms with Crippen molar-refractivity contribution in [2.75, 3.05) is 12.1 Å². The predicted octanol–water partition coefficient (Wildman–Crippen LogP) is 2.19. The van der Waals surface area contributed by atoms with Crippen molar-refractivity contribution >= 4 is 29.3 Å². The fourth-order valence-electron chi connectivity index (χ4n) is 2.69. The van der Waals surface area contributed by atoms with E-state index >= 15 is 0 Å². The molecule has 0 fully saturated rings. The number of hydrogen-bond donors (Lipinski definition) is 2. The number of hydrogen-bond acceptors (Lipinski definition) is 8. The first-order valence-corrected chi connectivity index (χ1v) is 9.96. The number of anilines is 1. The Kier molecular flexibility index (Phi) is 5.61. The van der Waals surface area contributed by atoms with Crippen molar-refractivity contribution in [2.24, 2.45) is 7.05 Å². The van der Waals surface area contributed by atoms with E-state index in [9.17, 15) is 9.59 Å². The molecular formula is C19H19N5O5S. The quantitative estimate of drug-likeness (QED) is 0.549. The molecule has 2 aromatic heterocycles. The van der Waals surface area contributed by atoms with Crippen LogP contribution in [0.4, 0.5) is 5.69 Å². The van der Waals surface area contributed by atoms with Crippen molar-refractivity contribution in [3.05, 3.63) is 48.2 Å². The number of fused-ring (bicyclic) bond motifs is 1. The molecule has 30 heavy (non-hydrogen) atoms. The number of furan rings is 1. The van der Waals surface area contributed by atoms with E-state index in [1.807, 2.05) is 0 Å². The van der Waals surface area contributed by atoms with E-state index in [0.717, 1.165) is 0 Å². The van der Waals surface area contributed by atoms with E-state index in [2.05, 4.69) is 20.8 Å². The molecule has 1 aliphatic heterocycles. The van der Waals surface area contributed by atoms with Crippen molar-refractivity contribution in [3.63, 3.8) is 0 Å². The molecule has 0 spiro atoms. The first-order chi connectivity index (χ1) is 14.5. The zero-order valence-corrected chi connectivity index (χ0v) is 17.1. The van der Waals surface area contributed by atoms with Crippen LogP contribution in [0.3, 0.4) is 0 Å². The van der Waals surface area contributed by atoms with Gasteiger partial charge in [0.25, 0.3) is 5.91 Å². The molecule has 1 aromatic carbocycles. The van der Waals surface area contributed by atoms with Crippen molar-refractivity contribution in [3.8, 4) is 11.5 Å². The molecule has 0 saturated carbocycles. The number of ether oxygens (including phenoxy) is 2. The van der Waals surface area contributed by atoms with Crippen molar-refractivity contribution in [1.29, 1.82) is 0 Å². The lowest BCUT2D eigenvalue weighted by Gasteiger charge is -2.12. The summed E-state index contributed by atoms with van der Waals surface area (Å²) in [5, 5.41) is 13.9. The van der Waals surface area contributed by atoms with Gasteiger partial charge in [-0.15, -0.1) is 10.2 Å². The zero-order valence-electron chi connectivity index (χ0n) is 16.2. The third-order valence-electron chi connectivity index (χ3n) is 4.37. The minimum Gasteiger partial charge on any atom is -0.459 e. The van der Waals surface area contributed by atoms with E-state index < -0.39 is 5.25 Å². The molecule has 0 saturated heterocycles. The molecule has 0 aliphatic carbocycles. The largest absolute Gasteiger partial charge is 0.459 e. The Labute approximate surface area is 175 Å². The van der Waals surface area contributed by atoms with E-state index in [1.54, 1.807) is 48.9 Å². The van der Waals surface area contributed by atoms with E-state index in [4.69, 9.17) is 13.9 Å². The van der Waals surface area contributed by atoms with Crippen LogP contribution in [-0.4, -0.2) is 38.6 Å². The monoisotopic (exact) mass is 429 g/mol. The van der Waals surface area contributed by atoms with Gasteiger partial charge in [-0.3, -0.25) is 9.59 Å². The van der Waals surface area contributed by atoms with Gasteiger partial charge in [0.15, 0.2) is 28.2 Å². The van der Waals surface area contributed by atoms with Crippen LogP contribution in [0.15, 0.2) is 46.2 Å². The van der Waals surface area contributed by atoms with Gasteiger partial charge in [0.2, 0.25) is 12.7 Å². The standard InChI is InChI=1S/C19H19N5O5S/c1-11(17(25)21-12-5-6-13-15(8-12)29-10-28-13)30-19-23-22-16(24(19)2)9-20-18(26)14-4-3-7-27-14/h3-8,11H,9-10H2,1-2H3,(H,20,26)(H,21,25). The number of carbonyl (C=O) groups is 2. The fourth-order valence-corrected chi connectivity index (χ4v) is 3.52. The summed E-state index contributed by atoms with van der Waals surface area (Å²) in [6, 6.07) is 8.45. The van der Waals surface area contributed by atoms with Gasteiger partial charge in [-0.2, -0.15) is 0 Å². The molecule has 1 unspecified atom stereocenters. The molecule has 3 heterocycles. The highest BCUT2D eigenvalue weighted by Gasteiger charge is 2.21. The molecule has 1 aliphatic rings. The number of amides is 2. The average Bonchev–Trinajstić information content (AvgIpc) is 3.48. The van der Waals surface area contributed by atoms with Gasteiger partial charge in [0.1, 0.15) is 0 Å². The molecule has 156 valence electrons. The van der Waals surface area contributed by atoms with Crippen LogP contribution in [0, 0.1) is 0 Å². The van der Waals surface area contributed by atoms with Crippen LogP contribution in [0.25, 0.3) is 0 Å². The fraction of sp³-hybridized carbons (Fsp3) is 0.263. The third kappa shape index (κ3) is 4.25. The number of rotatable bonds is 7. The van der Waals surface area contributed by atoms with E-state index in [1.165, 1.54) is 18.0 Å². The number of thioether (sulfide) groups is 1. The maximum atomic E-state index is 12.6. The van der Waals surface area contributed by atoms with Gasteiger partial charge in [-0.25, -0.2) is 0 Å². The van der Waals surface area contributed by atoms with Crippen LogP contribution >= 0.6 is 11.8 Å². The van der Waals surface area contributed by atoms with Crippen LogP contribution in [0.2, 0.25) is 0 Å². The lowest BCUT2D eigenvalue weighted by Crippen LogP contribution is -2.24. The number of benzene rings is 1. The average molecular weight is 429 g/mol. The summed E-state index contributed by atoms with van der Waals surface area (Å²) in [5.41, 5.74) is 0.621. The SMILES string of the molecule is CC(Sc1nnc(CNC(=O)c2ccco2)n1C)C(=O)Nc1ccc2c(c1)OCO2. The van der Waals surface area contributed by atoms with Gasteiger partial charge < -0.3 is 29.1 Å². The molecule has 2 amide bonds. The minimum absolute atomic E-state index is 0.176. The van der Waals surface area contributed by atoms with E-state index in [0.29, 0.717) is 28.2 Å². The summed E-state index contributed by atoms with van der Waals surface area (Å²) < 4.78 is 17.4. The van der Waals surface area contributed by atoms with Gasteiger partial charge in [-0.05, 0) is 31.2 Å². The molecular weight excluding hydrogens is 410 g/mol. The second-order valence-electron chi connectivity index (χ2n) is 6.44. The van der Waals surface area contributed by atoms with Gasteiger partial charge in [0, 0.05) is 18.8 Å². The summed E-state index contributed by atoms with van der Waals surface area (Å²) in [7, 11) is 1.78. The van der Waals surface area contributed by atoms with Crippen LogP contribution in [-0.2, 0) is 18.4 Å². The molecule has 0 radical (unpaired) electrons. The lowest BCUT2D eigenvalue weighted by molar-refractivity contribution is -0.115. The Hall–Kier alpha value is -3.47. The first kappa shape index (κ1) is 19.8. The summed E-state index contributed by atoms with van der Waals surface area (Å²) in [4.78, 5) is 24.5. The highest BCUT2D eigenvalue weighted by molar-refractivity contribution is 8.00. The smallest absolute Gasteiger partial charge is 0.287 e. The topological polar surface area (TPSA) is 121 Å². The van der Waals surface area contributed by atoms with Crippen molar-refractivity contribution in [1.82, 2.24) is 20.1 Å². The highest BCUT2D eigenvalue weighted by Crippen LogP contribution is 2.34. The van der Waals surface area contributed by atoms with Gasteiger partial charge >= 0.3 is 0 Å². The Morgan fingerprint density at radius 1 is 1.23 bits per heavy atom. The number of nitrogens with zero attached hydrogens (tertiary/aromatic N) is 3. The normalized spacial score (nSPS) is 13.1. The molecule has 4 rings (SSSR count). The summed E-state index contributed by atoms with van der Waals surface area (Å²) in [6.45, 7) is 2.14. The first-order valence-electron chi connectivity index (χ1n) is 9.08. The molecule has 10 nitrogen and oxygen atoms in total. The maximum absolute atomic E-state index is 12.6. The van der Waals surface area contributed by atoms with Gasteiger partial charge in [0.05, 0.1) is 18.1 Å². The van der Waals surface area contributed by atoms with Crippen LogP contribution < -0.4 is 20.1 Å². The Balaban J connectivity index is 1.33. The number of aromatic nitrogens is 3. The third-order valence-corrected chi connectivity index (χ3v) is 5.50. The molecule has 0 bridgehead atoms. The van der Waals surface area contributed by atoms with Crippen LogP contribution in [0.5, 0.6) is 11.5 Å². The Bertz CT molecular complexity index is 1070. The van der Waals surface area contributed by atoms with Gasteiger partial charge in [-0.1, -0.05) is 11.8 Å².